The summed E-state index contributed by atoms with van der Waals surface area (Å²) >= 11 is 0. The SMILES string of the molecule is CC(C)CCN1C(=O)C(C)(C)COc2cc(NC(=O)NCc3ccccc3)ccc21. The summed E-state index contributed by atoms with van der Waals surface area (Å²) < 4.78 is 5.99. The molecule has 30 heavy (non-hydrogen) atoms. The van der Waals surface area contributed by atoms with E-state index in [-0.39, 0.29) is 11.9 Å². The number of urea groups is 1. The van der Waals surface area contributed by atoms with Gasteiger partial charge in [-0.25, -0.2) is 4.79 Å². The quantitative estimate of drug-likeness (QED) is 0.719. The lowest BCUT2D eigenvalue weighted by Gasteiger charge is -2.28. The van der Waals surface area contributed by atoms with Crippen LogP contribution in [0.4, 0.5) is 16.2 Å². The van der Waals surface area contributed by atoms with Crippen molar-refractivity contribution in [2.24, 2.45) is 11.3 Å². The van der Waals surface area contributed by atoms with Crippen molar-refractivity contribution in [3.63, 3.8) is 0 Å². The first kappa shape index (κ1) is 21.7. The molecule has 0 aliphatic carbocycles. The maximum absolute atomic E-state index is 13.1. The van der Waals surface area contributed by atoms with Crippen molar-refractivity contribution in [2.75, 3.05) is 23.4 Å². The van der Waals surface area contributed by atoms with Crippen LogP contribution in [0.15, 0.2) is 48.5 Å². The molecule has 0 unspecified atom stereocenters. The molecule has 1 aliphatic heterocycles. The molecule has 3 rings (SSSR count). The highest BCUT2D eigenvalue weighted by Gasteiger charge is 2.37. The number of benzene rings is 2. The summed E-state index contributed by atoms with van der Waals surface area (Å²) in [4.78, 5) is 27.2. The summed E-state index contributed by atoms with van der Waals surface area (Å²) in [7, 11) is 0. The average molecular weight is 410 g/mol. The number of nitrogens with zero attached hydrogens (tertiary/aromatic N) is 1. The zero-order valence-corrected chi connectivity index (χ0v) is 18.2. The third-order valence-electron chi connectivity index (χ3n) is 5.15. The maximum Gasteiger partial charge on any atom is 0.319 e. The van der Waals surface area contributed by atoms with Gasteiger partial charge in [-0.05, 0) is 43.9 Å². The van der Waals surface area contributed by atoms with Gasteiger partial charge in [0.05, 0.1) is 11.1 Å². The minimum absolute atomic E-state index is 0.0585. The molecule has 0 saturated heterocycles. The van der Waals surface area contributed by atoms with Gasteiger partial charge in [0, 0.05) is 24.8 Å². The summed E-state index contributed by atoms with van der Waals surface area (Å²) in [5, 5.41) is 5.69. The van der Waals surface area contributed by atoms with E-state index in [1.165, 1.54) is 0 Å². The summed E-state index contributed by atoms with van der Waals surface area (Å²) in [5.74, 6) is 1.16. The minimum Gasteiger partial charge on any atom is -0.490 e. The molecule has 6 heteroatoms. The van der Waals surface area contributed by atoms with E-state index in [9.17, 15) is 9.59 Å². The number of hydrogen-bond acceptors (Lipinski definition) is 3. The van der Waals surface area contributed by atoms with Crippen LogP contribution in [0.1, 0.15) is 39.7 Å². The highest BCUT2D eigenvalue weighted by atomic mass is 16.5. The van der Waals surface area contributed by atoms with Gasteiger partial charge in [-0.15, -0.1) is 0 Å². The molecule has 1 aliphatic rings. The van der Waals surface area contributed by atoms with E-state index >= 15 is 0 Å². The number of carbonyl (C=O) groups excluding carboxylic acids is 2. The zero-order chi connectivity index (χ0) is 21.7. The van der Waals surface area contributed by atoms with Crippen LogP contribution in [-0.4, -0.2) is 25.1 Å². The topological polar surface area (TPSA) is 70.7 Å². The summed E-state index contributed by atoms with van der Waals surface area (Å²) in [6.45, 7) is 9.47. The molecule has 2 N–H and O–H groups in total. The van der Waals surface area contributed by atoms with Gasteiger partial charge in [-0.2, -0.15) is 0 Å². The van der Waals surface area contributed by atoms with E-state index in [2.05, 4.69) is 24.5 Å². The molecule has 0 aromatic heterocycles. The van der Waals surface area contributed by atoms with E-state index in [1.807, 2.05) is 55.1 Å². The molecule has 0 radical (unpaired) electrons. The Morgan fingerprint density at radius 2 is 1.90 bits per heavy atom. The molecule has 0 atom stereocenters. The van der Waals surface area contributed by atoms with Gasteiger partial charge in [0.2, 0.25) is 5.91 Å². The summed E-state index contributed by atoms with van der Waals surface area (Å²) in [5.41, 5.74) is 1.78. The number of nitrogens with one attached hydrogen (secondary N) is 2. The van der Waals surface area contributed by atoms with Gasteiger partial charge in [0.15, 0.2) is 0 Å². The van der Waals surface area contributed by atoms with Crippen LogP contribution in [0, 0.1) is 11.3 Å². The first-order valence-electron chi connectivity index (χ1n) is 10.4. The molecule has 2 aromatic carbocycles. The molecular weight excluding hydrogens is 378 g/mol. The number of amides is 3. The van der Waals surface area contributed by atoms with Crippen molar-refractivity contribution in [3.8, 4) is 5.75 Å². The van der Waals surface area contributed by atoms with Crippen molar-refractivity contribution in [3.05, 3.63) is 54.1 Å². The minimum atomic E-state index is -0.614. The Labute approximate surface area is 178 Å². The molecule has 0 fully saturated rings. The summed E-state index contributed by atoms with van der Waals surface area (Å²) in [6.07, 6.45) is 0.906. The van der Waals surface area contributed by atoms with Gasteiger partial charge in [0.1, 0.15) is 12.4 Å². The Bertz CT molecular complexity index is 894. The molecular formula is C24H31N3O3. The van der Waals surface area contributed by atoms with Crippen LogP contribution in [-0.2, 0) is 11.3 Å². The first-order valence-corrected chi connectivity index (χ1v) is 10.4. The lowest BCUT2D eigenvalue weighted by Crippen LogP contribution is -2.42. The predicted octanol–water partition coefficient (Wildman–Crippen LogP) is 4.81. The van der Waals surface area contributed by atoms with Crippen LogP contribution in [0.5, 0.6) is 5.75 Å². The third-order valence-corrected chi connectivity index (χ3v) is 5.15. The zero-order valence-electron chi connectivity index (χ0n) is 18.2. The second-order valence-electron chi connectivity index (χ2n) is 8.79. The smallest absolute Gasteiger partial charge is 0.319 e. The average Bonchev–Trinajstić information content (AvgIpc) is 2.80. The number of carbonyl (C=O) groups is 2. The Balaban J connectivity index is 1.74. The maximum atomic E-state index is 13.1. The molecule has 3 amide bonds. The van der Waals surface area contributed by atoms with Gasteiger partial charge in [0.25, 0.3) is 0 Å². The number of anilines is 2. The predicted molar refractivity (Wildman–Crippen MR) is 120 cm³/mol. The Hall–Kier alpha value is -3.02. The normalized spacial score (nSPS) is 15.2. The number of hydrogen-bond donors (Lipinski definition) is 2. The Kier molecular flexibility index (Phi) is 6.65. The van der Waals surface area contributed by atoms with E-state index in [4.69, 9.17) is 4.74 Å². The molecule has 1 heterocycles. The van der Waals surface area contributed by atoms with Gasteiger partial charge in [-0.1, -0.05) is 44.2 Å². The van der Waals surface area contributed by atoms with Gasteiger partial charge < -0.3 is 20.3 Å². The fourth-order valence-corrected chi connectivity index (χ4v) is 3.29. The molecule has 0 spiro atoms. The van der Waals surface area contributed by atoms with Crippen LogP contribution in [0.2, 0.25) is 0 Å². The first-order chi connectivity index (χ1) is 14.3. The van der Waals surface area contributed by atoms with Crippen molar-refractivity contribution >= 4 is 23.3 Å². The fourth-order valence-electron chi connectivity index (χ4n) is 3.29. The Morgan fingerprint density at radius 1 is 1.17 bits per heavy atom. The lowest BCUT2D eigenvalue weighted by molar-refractivity contribution is -0.127. The largest absolute Gasteiger partial charge is 0.490 e. The van der Waals surface area contributed by atoms with E-state index < -0.39 is 5.41 Å². The Morgan fingerprint density at radius 3 is 2.60 bits per heavy atom. The number of ether oxygens (including phenoxy) is 1. The van der Waals surface area contributed by atoms with E-state index in [0.29, 0.717) is 37.1 Å². The number of rotatable bonds is 6. The van der Waals surface area contributed by atoms with Gasteiger partial charge in [-0.3, -0.25) is 4.79 Å². The molecule has 0 bridgehead atoms. The van der Waals surface area contributed by atoms with Crippen LogP contribution in [0.3, 0.4) is 0 Å². The van der Waals surface area contributed by atoms with E-state index in [0.717, 1.165) is 17.7 Å². The van der Waals surface area contributed by atoms with Crippen LogP contribution >= 0.6 is 0 Å². The second kappa shape index (κ2) is 9.20. The van der Waals surface area contributed by atoms with Gasteiger partial charge >= 0.3 is 6.03 Å². The van der Waals surface area contributed by atoms with Crippen molar-refractivity contribution < 1.29 is 14.3 Å². The standard InChI is InChI=1S/C24H31N3O3/c1-17(2)12-13-27-20-11-10-19(14-21(20)30-16-24(3,4)22(27)28)26-23(29)25-15-18-8-6-5-7-9-18/h5-11,14,17H,12-13,15-16H2,1-4H3,(H2,25,26,29). The van der Waals surface area contributed by atoms with Crippen LogP contribution < -0.4 is 20.3 Å². The summed E-state index contributed by atoms with van der Waals surface area (Å²) in [6, 6.07) is 14.9. The molecule has 160 valence electrons. The lowest BCUT2D eigenvalue weighted by atomic mass is 9.92. The van der Waals surface area contributed by atoms with Crippen LogP contribution in [0.25, 0.3) is 0 Å². The molecule has 0 saturated carbocycles. The third kappa shape index (κ3) is 5.32. The highest BCUT2D eigenvalue weighted by molar-refractivity contribution is 6.00. The number of fused-ring (bicyclic) bond motifs is 1. The van der Waals surface area contributed by atoms with E-state index in [1.54, 1.807) is 12.1 Å². The molecule has 6 nitrogen and oxygen atoms in total. The van der Waals surface area contributed by atoms with Crippen molar-refractivity contribution in [1.29, 1.82) is 0 Å². The molecule has 2 aromatic rings. The fraction of sp³-hybridized carbons (Fsp3) is 0.417. The second-order valence-corrected chi connectivity index (χ2v) is 8.79. The van der Waals surface area contributed by atoms with Crippen molar-refractivity contribution in [2.45, 2.75) is 40.7 Å². The van der Waals surface area contributed by atoms with Crippen molar-refractivity contribution in [1.82, 2.24) is 5.32 Å². The monoisotopic (exact) mass is 409 g/mol. The highest BCUT2D eigenvalue weighted by Crippen LogP contribution is 2.38.